The molecule has 2 aromatic heterocycles. The van der Waals surface area contributed by atoms with E-state index in [0.29, 0.717) is 11.3 Å². The zero-order valence-electron chi connectivity index (χ0n) is 13.0. The maximum absolute atomic E-state index is 10.0. The van der Waals surface area contributed by atoms with Gasteiger partial charge in [0.2, 0.25) is 0 Å². The lowest BCUT2D eigenvalue weighted by molar-refractivity contribution is 0.0503. The second-order valence-electron chi connectivity index (χ2n) is 5.93. The Balaban J connectivity index is 2.35. The lowest BCUT2D eigenvalue weighted by atomic mass is 10.0. The number of aliphatic hydroxyl groups is 1. The van der Waals surface area contributed by atoms with Crippen molar-refractivity contribution >= 4 is 22.4 Å². The van der Waals surface area contributed by atoms with Gasteiger partial charge in [0.25, 0.3) is 0 Å². The third-order valence-electron chi connectivity index (χ3n) is 3.59. The Bertz CT molecular complexity index is 694. The summed E-state index contributed by atoms with van der Waals surface area (Å²) in [6, 6.07) is -0.146. The Hall–Kier alpha value is -2.14. The highest BCUT2D eigenvalue weighted by atomic mass is 16.3. The van der Waals surface area contributed by atoms with Crippen LogP contribution in [0.1, 0.15) is 39.0 Å². The van der Waals surface area contributed by atoms with Crippen molar-refractivity contribution in [2.24, 2.45) is 0 Å². The molecule has 0 amide bonds. The van der Waals surface area contributed by atoms with Crippen molar-refractivity contribution in [3.05, 3.63) is 36.8 Å². The molecule has 2 rings (SSSR count). The maximum atomic E-state index is 10.0. The summed E-state index contributed by atoms with van der Waals surface area (Å²) in [6.07, 6.45) is 3.51. The highest BCUT2D eigenvalue weighted by molar-refractivity contribution is 5.87. The number of allylic oxidation sites excluding steroid dienone is 1. The van der Waals surface area contributed by atoms with Crippen LogP contribution in [0.2, 0.25) is 0 Å². The van der Waals surface area contributed by atoms with Gasteiger partial charge in [-0.05, 0) is 33.3 Å². The number of nitrogens with zero attached hydrogens (tertiary/aromatic N) is 2. The van der Waals surface area contributed by atoms with Crippen LogP contribution in [-0.2, 0) is 0 Å². The Labute approximate surface area is 124 Å². The molecule has 3 N–H and O–H groups in total. The zero-order valence-corrected chi connectivity index (χ0v) is 13.0. The molecule has 0 unspecified atom stereocenters. The molecule has 0 radical (unpaired) electrons. The summed E-state index contributed by atoms with van der Waals surface area (Å²) in [5.41, 5.74) is 3.76. The van der Waals surface area contributed by atoms with E-state index >= 15 is 0 Å². The second-order valence-corrected chi connectivity index (χ2v) is 5.93. The lowest BCUT2D eigenvalue weighted by Crippen LogP contribution is -2.43. The van der Waals surface area contributed by atoms with Gasteiger partial charge >= 0.3 is 0 Å². The van der Waals surface area contributed by atoms with Gasteiger partial charge in [-0.25, -0.2) is 9.97 Å². The van der Waals surface area contributed by atoms with Crippen molar-refractivity contribution < 1.29 is 5.11 Å². The molecular formula is C16H22N4O. The lowest BCUT2D eigenvalue weighted by Gasteiger charge is -2.28. The van der Waals surface area contributed by atoms with Gasteiger partial charge in [-0.3, -0.25) is 0 Å². The van der Waals surface area contributed by atoms with E-state index in [-0.39, 0.29) is 6.04 Å². The van der Waals surface area contributed by atoms with Crippen LogP contribution in [0.25, 0.3) is 22.4 Å². The third kappa shape index (κ3) is 3.13. The fourth-order valence-electron chi connectivity index (χ4n) is 1.84. The first-order valence-electron chi connectivity index (χ1n) is 6.88. The van der Waals surface area contributed by atoms with Crippen LogP contribution in [0, 0.1) is 0 Å². The van der Waals surface area contributed by atoms with Crippen LogP contribution in [0.5, 0.6) is 0 Å². The minimum absolute atomic E-state index is 0.146. The first-order valence-corrected chi connectivity index (χ1v) is 6.88. The quantitative estimate of drug-likeness (QED) is 0.790. The molecule has 0 aliphatic rings. The summed E-state index contributed by atoms with van der Waals surface area (Å²) in [5.74, 6) is 0. The first-order chi connectivity index (χ1) is 9.70. The topological polar surface area (TPSA) is 73.8 Å². The molecule has 0 saturated carbocycles. The Morgan fingerprint density at radius 2 is 2.10 bits per heavy atom. The maximum Gasteiger partial charge on any atom is 0.156 e. The largest absolute Gasteiger partial charge is 0.388 e. The average molecular weight is 286 g/mol. The van der Waals surface area contributed by atoms with Crippen LogP contribution in [0.4, 0.5) is 0 Å². The average Bonchev–Trinajstić information content (AvgIpc) is 2.80. The molecule has 112 valence electrons. The Morgan fingerprint density at radius 3 is 2.67 bits per heavy atom. The van der Waals surface area contributed by atoms with Crippen molar-refractivity contribution in [2.45, 2.75) is 39.3 Å². The van der Waals surface area contributed by atoms with E-state index in [0.717, 1.165) is 22.3 Å². The highest BCUT2D eigenvalue weighted by Gasteiger charge is 2.23. The molecule has 5 nitrogen and oxygen atoms in total. The zero-order chi connectivity index (χ0) is 15.8. The normalized spacial score (nSPS) is 13.2. The van der Waals surface area contributed by atoms with Crippen LogP contribution in [0.15, 0.2) is 25.6 Å². The second kappa shape index (κ2) is 5.33. The van der Waals surface area contributed by atoms with E-state index in [2.05, 4.69) is 33.4 Å². The smallest absolute Gasteiger partial charge is 0.156 e. The van der Waals surface area contributed by atoms with Gasteiger partial charge in [0.05, 0.1) is 23.5 Å². The van der Waals surface area contributed by atoms with Crippen molar-refractivity contribution in [3.8, 4) is 0 Å². The van der Waals surface area contributed by atoms with Gasteiger partial charge in [-0.2, -0.15) is 0 Å². The SMILES string of the molecule is C=C(C)c1cnc2[nH]cc(C(=C)N[C@@H](C)C(C)(C)O)c2n1. The molecule has 0 fully saturated rings. The first kappa shape index (κ1) is 15.3. The van der Waals surface area contributed by atoms with Crippen LogP contribution < -0.4 is 5.32 Å². The fraction of sp³-hybridized carbons (Fsp3) is 0.375. The molecule has 21 heavy (non-hydrogen) atoms. The molecule has 0 bridgehead atoms. The standard InChI is InChI=1S/C16H22N4O/c1-9(2)13-8-18-15-14(20-13)12(7-17-15)10(3)19-11(4)16(5,6)21/h7-8,11,19,21H,1,3H2,2,4-6H3,(H,17,18)/t11-/m0/s1. The highest BCUT2D eigenvalue weighted by Crippen LogP contribution is 2.22. The molecule has 0 saturated heterocycles. The molecule has 5 heteroatoms. The molecular weight excluding hydrogens is 264 g/mol. The van der Waals surface area contributed by atoms with E-state index in [1.54, 1.807) is 20.0 Å². The fourth-order valence-corrected chi connectivity index (χ4v) is 1.84. The third-order valence-corrected chi connectivity index (χ3v) is 3.59. The van der Waals surface area contributed by atoms with Crippen LogP contribution in [0.3, 0.4) is 0 Å². The number of H-pyrrole nitrogens is 1. The van der Waals surface area contributed by atoms with Gasteiger partial charge in [0.15, 0.2) is 5.65 Å². The molecule has 2 heterocycles. The van der Waals surface area contributed by atoms with Crippen molar-refractivity contribution in [1.29, 1.82) is 0 Å². The van der Waals surface area contributed by atoms with E-state index in [4.69, 9.17) is 0 Å². The summed E-state index contributed by atoms with van der Waals surface area (Å²) < 4.78 is 0. The molecule has 1 atom stereocenters. The monoisotopic (exact) mass is 286 g/mol. The number of rotatable bonds is 5. The predicted octanol–water partition coefficient (Wildman–Crippen LogP) is 2.71. The van der Waals surface area contributed by atoms with Crippen LogP contribution in [-0.4, -0.2) is 31.7 Å². The minimum Gasteiger partial charge on any atom is -0.388 e. The summed E-state index contributed by atoms with van der Waals surface area (Å²) in [6.45, 7) is 15.2. The van der Waals surface area contributed by atoms with E-state index in [9.17, 15) is 5.11 Å². The van der Waals surface area contributed by atoms with Gasteiger partial charge in [-0.15, -0.1) is 0 Å². The van der Waals surface area contributed by atoms with Gasteiger partial charge in [-0.1, -0.05) is 13.2 Å². The minimum atomic E-state index is -0.844. The summed E-state index contributed by atoms with van der Waals surface area (Å²) in [4.78, 5) is 12.0. The van der Waals surface area contributed by atoms with Gasteiger partial charge < -0.3 is 15.4 Å². The van der Waals surface area contributed by atoms with Crippen molar-refractivity contribution in [2.75, 3.05) is 0 Å². The summed E-state index contributed by atoms with van der Waals surface area (Å²) in [5, 5.41) is 13.2. The number of nitrogens with one attached hydrogen (secondary N) is 2. The number of hydrogen-bond acceptors (Lipinski definition) is 4. The number of aromatic amines is 1. The molecule has 0 spiro atoms. The number of hydrogen-bond donors (Lipinski definition) is 3. The Kier molecular flexibility index (Phi) is 3.87. The molecule has 0 aliphatic heterocycles. The van der Waals surface area contributed by atoms with Gasteiger partial charge in [0.1, 0.15) is 5.52 Å². The van der Waals surface area contributed by atoms with Crippen LogP contribution >= 0.6 is 0 Å². The number of fused-ring (bicyclic) bond motifs is 1. The predicted molar refractivity (Wildman–Crippen MR) is 86.5 cm³/mol. The Morgan fingerprint density at radius 1 is 1.43 bits per heavy atom. The number of aromatic nitrogens is 3. The van der Waals surface area contributed by atoms with Gasteiger partial charge in [0, 0.05) is 17.5 Å². The van der Waals surface area contributed by atoms with Crippen molar-refractivity contribution in [1.82, 2.24) is 20.3 Å². The molecule has 2 aromatic rings. The van der Waals surface area contributed by atoms with E-state index in [1.165, 1.54) is 0 Å². The van der Waals surface area contributed by atoms with E-state index < -0.39 is 5.60 Å². The molecule has 0 aromatic carbocycles. The molecule has 0 aliphatic carbocycles. The van der Waals surface area contributed by atoms with E-state index in [1.807, 2.05) is 20.0 Å². The summed E-state index contributed by atoms with van der Waals surface area (Å²) in [7, 11) is 0. The van der Waals surface area contributed by atoms with Crippen molar-refractivity contribution in [3.63, 3.8) is 0 Å². The summed E-state index contributed by atoms with van der Waals surface area (Å²) >= 11 is 0.